The first kappa shape index (κ1) is 14.8. The number of rotatable bonds is 5. The number of anilines is 1. The molecule has 3 rings (SSSR count). The monoisotopic (exact) mass is 325 g/mol. The van der Waals surface area contributed by atoms with Crippen LogP contribution in [0.2, 0.25) is 0 Å². The van der Waals surface area contributed by atoms with Crippen molar-refractivity contribution in [3.05, 3.63) is 35.0 Å². The van der Waals surface area contributed by atoms with E-state index < -0.39 is 6.61 Å². The van der Waals surface area contributed by atoms with Gasteiger partial charge in [0.05, 0.1) is 11.3 Å². The van der Waals surface area contributed by atoms with E-state index in [9.17, 15) is 13.6 Å². The second-order valence-electron chi connectivity index (χ2n) is 4.94. The molecule has 1 aliphatic carbocycles. The van der Waals surface area contributed by atoms with E-state index in [-0.39, 0.29) is 17.8 Å². The number of amides is 1. The van der Waals surface area contributed by atoms with E-state index in [2.05, 4.69) is 14.7 Å². The van der Waals surface area contributed by atoms with E-state index in [4.69, 9.17) is 0 Å². The number of alkyl halides is 2. The number of thiazole rings is 1. The van der Waals surface area contributed by atoms with Crippen molar-refractivity contribution >= 4 is 22.4 Å². The molecule has 0 unspecified atom stereocenters. The lowest BCUT2D eigenvalue weighted by Gasteiger charge is -2.19. The van der Waals surface area contributed by atoms with Crippen LogP contribution in [0.15, 0.2) is 23.7 Å². The fraction of sp³-hybridized carbons (Fsp3) is 0.357. The van der Waals surface area contributed by atoms with Crippen molar-refractivity contribution in [1.82, 2.24) is 9.97 Å². The van der Waals surface area contributed by atoms with Crippen LogP contribution in [0.4, 0.5) is 13.9 Å². The van der Waals surface area contributed by atoms with Crippen molar-refractivity contribution in [2.24, 2.45) is 0 Å². The molecule has 22 heavy (non-hydrogen) atoms. The van der Waals surface area contributed by atoms with Crippen LogP contribution in [0.25, 0.3) is 0 Å². The summed E-state index contributed by atoms with van der Waals surface area (Å²) in [6.45, 7) is -1.07. The average Bonchev–Trinajstić information content (AvgIpc) is 3.21. The fourth-order valence-electron chi connectivity index (χ4n) is 2.00. The molecule has 0 radical (unpaired) electrons. The maximum absolute atomic E-state index is 12.6. The van der Waals surface area contributed by atoms with Crippen LogP contribution >= 0.6 is 11.3 Å². The lowest BCUT2D eigenvalue weighted by atomic mass is 10.2. The summed E-state index contributed by atoms with van der Waals surface area (Å²) in [6.07, 6.45) is 3.12. The molecule has 2 aromatic rings. The van der Waals surface area contributed by atoms with Gasteiger partial charge in [-0.05, 0) is 25.8 Å². The summed E-state index contributed by atoms with van der Waals surface area (Å²) in [4.78, 5) is 22.4. The minimum Gasteiger partial charge on any atom is -0.417 e. The van der Waals surface area contributed by atoms with Gasteiger partial charge in [0.15, 0.2) is 5.13 Å². The Hall–Kier alpha value is -2.09. The van der Waals surface area contributed by atoms with Crippen LogP contribution in [0.3, 0.4) is 0 Å². The molecule has 0 atom stereocenters. The number of halogens is 2. The predicted octanol–water partition coefficient (Wildman–Crippen LogP) is 3.26. The summed E-state index contributed by atoms with van der Waals surface area (Å²) in [5.74, 6) is -0.442. The Morgan fingerprint density at radius 2 is 2.23 bits per heavy atom. The highest BCUT2D eigenvalue weighted by Crippen LogP contribution is 2.34. The van der Waals surface area contributed by atoms with Gasteiger partial charge in [0.2, 0.25) is 5.88 Å². The highest BCUT2D eigenvalue weighted by atomic mass is 32.1. The molecule has 2 aromatic heterocycles. The van der Waals surface area contributed by atoms with Crippen molar-refractivity contribution in [3.8, 4) is 5.88 Å². The Balaban J connectivity index is 1.81. The third kappa shape index (κ3) is 3.22. The molecule has 1 aliphatic rings. The Bertz CT molecular complexity index is 671. The van der Waals surface area contributed by atoms with Crippen LogP contribution in [-0.4, -0.2) is 28.5 Å². The smallest absolute Gasteiger partial charge is 0.388 e. The van der Waals surface area contributed by atoms with Gasteiger partial charge in [0, 0.05) is 23.7 Å². The van der Waals surface area contributed by atoms with E-state index >= 15 is 0 Å². The second-order valence-corrected chi connectivity index (χ2v) is 5.78. The van der Waals surface area contributed by atoms with Crippen LogP contribution in [0, 0.1) is 6.92 Å². The maximum atomic E-state index is 12.6. The van der Waals surface area contributed by atoms with Gasteiger partial charge in [0.1, 0.15) is 0 Å². The van der Waals surface area contributed by atoms with Crippen molar-refractivity contribution in [2.75, 3.05) is 4.90 Å². The number of aromatic nitrogens is 2. The van der Waals surface area contributed by atoms with Crippen LogP contribution in [0.5, 0.6) is 5.88 Å². The first-order valence-corrected chi connectivity index (χ1v) is 7.59. The lowest BCUT2D eigenvalue weighted by molar-refractivity contribution is -0.0528. The van der Waals surface area contributed by atoms with Gasteiger partial charge in [-0.15, -0.1) is 11.3 Å². The molecule has 0 saturated heterocycles. The van der Waals surface area contributed by atoms with E-state index in [1.165, 1.54) is 29.7 Å². The zero-order valence-corrected chi connectivity index (χ0v) is 12.5. The molecule has 5 nitrogen and oxygen atoms in total. The Labute approximate surface area is 129 Å². The summed E-state index contributed by atoms with van der Waals surface area (Å²) in [5.41, 5.74) is 1.18. The van der Waals surface area contributed by atoms with Gasteiger partial charge in [0.25, 0.3) is 5.91 Å². The minimum absolute atomic E-state index is 0.148. The van der Waals surface area contributed by atoms with Crippen molar-refractivity contribution in [3.63, 3.8) is 0 Å². The molecule has 0 aromatic carbocycles. The topological polar surface area (TPSA) is 55.3 Å². The highest BCUT2D eigenvalue weighted by molar-refractivity contribution is 7.14. The molecule has 0 spiro atoms. The number of pyridine rings is 1. The third-order valence-electron chi connectivity index (χ3n) is 3.14. The quantitative estimate of drug-likeness (QED) is 0.847. The van der Waals surface area contributed by atoms with Crippen LogP contribution in [0.1, 0.15) is 28.9 Å². The summed E-state index contributed by atoms with van der Waals surface area (Å²) in [7, 11) is 0. The third-order valence-corrected chi connectivity index (χ3v) is 4.09. The normalized spacial score (nSPS) is 14.2. The molecular formula is C14H13F2N3O2S. The van der Waals surface area contributed by atoms with E-state index in [0.29, 0.717) is 10.7 Å². The van der Waals surface area contributed by atoms with Gasteiger partial charge in [-0.1, -0.05) is 0 Å². The molecule has 116 valence electrons. The Kier molecular flexibility index (Phi) is 4.02. The Morgan fingerprint density at radius 3 is 2.73 bits per heavy atom. The van der Waals surface area contributed by atoms with E-state index in [0.717, 1.165) is 18.5 Å². The minimum atomic E-state index is -2.93. The number of ether oxygens (including phenoxy) is 1. The molecule has 0 aliphatic heterocycles. The summed E-state index contributed by atoms with van der Waals surface area (Å²) in [6, 6.07) is 2.84. The average molecular weight is 325 g/mol. The SMILES string of the molecule is Cc1csc(N(C(=O)c2ccc(OC(F)F)nc2)C2CC2)n1. The molecule has 2 heterocycles. The van der Waals surface area contributed by atoms with Crippen molar-refractivity contribution in [1.29, 1.82) is 0 Å². The second kappa shape index (κ2) is 5.96. The molecule has 1 fully saturated rings. The molecular weight excluding hydrogens is 312 g/mol. The highest BCUT2D eigenvalue weighted by Gasteiger charge is 2.36. The van der Waals surface area contributed by atoms with Gasteiger partial charge < -0.3 is 4.74 Å². The number of hydrogen-bond donors (Lipinski definition) is 0. The molecule has 8 heteroatoms. The van der Waals surface area contributed by atoms with Crippen LogP contribution in [-0.2, 0) is 0 Å². The Morgan fingerprint density at radius 1 is 1.45 bits per heavy atom. The number of hydrogen-bond acceptors (Lipinski definition) is 5. The predicted molar refractivity (Wildman–Crippen MR) is 77.6 cm³/mol. The lowest BCUT2D eigenvalue weighted by Crippen LogP contribution is -2.33. The van der Waals surface area contributed by atoms with Gasteiger partial charge in [-0.25, -0.2) is 9.97 Å². The number of carbonyl (C=O) groups excluding carboxylic acids is 1. The van der Waals surface area contributed by atoms with Crippen LogP contribution < -0.4 is 9.64 Å². The van der Waals surface area contributed by atoms with Gasteiger partial charge >= 0.3 is 6.61 Å². The largest absolute Gasteiger partial charge is 0.417 e. The molecule has 0 N–H and O–H groups in total. The zero-order valence-electron chi connectivity index (χ0n) is 11.7. The van der Waals surface area contributed by atoms with E-state index in [1.807, 2.05) is 12.3 Å². The molecule has 1 saturated carbocycles. The number of aryl methyl sites for hydroxylation is 1. The number of nitrogens with zero attached hydrogens (tertiary/aromatic N) is 3. The first-order valence-electron chi connectivity index (χ1n) is 6.71. The van der Waals surface area contributed by atoms with E-state index in [1.54, 1.807) is 4.90 Å². The maximum Gasteiger partial charge on any atom is 0.388 e. The van der Waals surface area contributed by atoms with Crippen molar-refractivity contribution in [2.45, 2.75) is 32.4 Å². The standard InChI is InChI=1S/C14H13F2N3O2S/c1-8-7-22-14(18-8)19(10-3-4-10)12(20)9-2-5-11(17-6-9)21-13(15)16/h2,5-7,10,13H,3-4H2,1H3. The molecule has 1 amide bonds. The molecule has 0 bridgehead atoms. The fourth-order valence-corrected chi connectivity index (χ4v) is 2.87. The number of carbonyl (C=O) groups is 1. The van der Waals surface area contributed by atoms with Crippen molar-refractivity contribution < 1.29 is 18.3 Å². The first-order chi connectivity index (χ1) is 10.5. The summed E-state index contributed by atoms with van der Waals surface area (Å²) < 4.78 is 28.4. The van der Waals surface area contributed by atoms with Gasteiger partial charge in [-0.3, -0.25) is 9.69 Å². The van der Waals surface area contributed by atoms with Gasteiger partial charge in [-0.2, -0.15) is 8.78 Å². The zero-order chi connectivity index (χ0) is 15.7. The summed E-state index contributed by atoms with van der Waals surface area (Å²) in [5, 5.41) is 2.54. The summed E-state index contributed by atoms with van der Waals surface area (Å²) >= 11 is 1.41.